The van der Waals surface area contributed by atoms with Crippen LogP contribution in [-0.4, -0.2) is 30.3 Å². The van der Waals surface area contributed by atoms with Crippen LogP contribution in [0.3, 0.4) is 0 Å². The van der Waals surface area contributed by atoms with Crippen LogP contribution in [0.15, 0.2) is 39.7 Å². The number of benzene rings is 2. The van der Waals surface area contributed by atoms with E-state index >= 15 is 0 Å². The van der Waals surface area contributed by atoms with Crippen molar-refractivity contribution < 1.29 is 19.1 Å². The summed E-state index contributed by atoms with van der Waals surface area (Å²) in [5.41, 5.74) is 2.08. The lowest BCUT2D eigenvalue weighted by molar-refractivity contribution is -0.115. The van der Waals surface area contributed by atoms with Gasteiger partial charge in [-0.25, -0.2) is 0 Å². The Morgan fingerprint density at radius 1 is 1.30 bits per heavy atom. The van der Waals surface area contributed by atoms with Crippen molar-refractivity contribution in [3.63, 3.8) is 0 Å². The highest BCUT2D eigenvalue weighted by molar-refractivity contribution is 9.10. The summed E-state index contributed by atoms with van der Waals surface area (Å²) in [5, 5.41) is 5.61. The number of ether oxygens (including phenoxy) is 2. The molecule has 0 saturated carbocycles. The number of thioether (sulfide) groups is 1. The Labute approximate surface area is 169 Å². The largest absolute Gasteiger partial charge is 0.486 e. The lowest BCUT2D eigenvalue weighted by Gasteiger charge is -2.22. The van der Waals surface area contributed by atoms with Gasteiger partial charge in [0.2, 0.25) is 5.91 Å². The number of carbonyl (C=O) groups is 2. The highest BCUT2D eigenvalue weighted by Crippen LogP contribution is 2.39. The smallest absolute Gasteiger partial charge is 0.251 e. The van der Waals surface area contributed by atoms with Crippen molar-refractivity contribution in [1.82, 2.24) is 5.32 Å². The fourth-order valence-corrected chi connectivity index (χ4v) is 4.44. The minimum Gasteiger partial charge on any atom is -0.486 e. The van der Waals surface area contributed by atoms with Gasteiger partial charge in [0.1, 0.15) is 13.2 Å². The van der Waals surface area contributed by atoms with Crippen LogP contribution < -0.4 is 20.1 Å². The molecule has 2 aromatic carbocycles. The first-order valence-corrected chi connectivity index (χ1v) is 10.2. The summed E-state index contributed by atoms with van der Waals surface area (Å²) in [6.45, 7) is 3.23. The predicted molar refractivity (Wildman–Crippen MR) is 107 cm³/mol. The molecular weight excluding hydrogens is 432 g/mol. The molecular formula is C19H17BrN2O4S. The third-order valence-electron chi connectivity index (χ3n) is 4.28. The van der Waals surface area contributed by atoms with Gasteiger partial charge in [0.15, 0.2) is 11.5 Å². The van der Waals surface area contributed by atoms with Crippen LogP contribution >= 0.6 is 27.7 Å². The molecule has 8 heteroatoms. The number of hydrogen-bond donors (Lipinski definition) is 2. The van der Waals surface area contributed by atoms with Crippen LogP contribution in [0.4, 0.5) is 5.69 Å². The molecule has 2 aliphatic heterocycles. The maximum absolute atomic E-state index is 12.5. The van der Waals surface area contributed by atoms with E-state index < -0.39 is 0 Å². The monoisotopic (exact) mass is 448 g/mol. The van der Waals surface area contributed by atoms with Gasteiger partial charge in [0.05, 0.1) is 15.4 Å². The van der Waals surface area contributed by atoms with Crippen molar-refractivity contribution in [3.8, 4) is 11.5 Å². The molecule has 1 atom stereocenters. The topological polar surface area (TPSA) is 76.7 Å². The number of halogens is 1. The lowest BCUT2D eigenvalue weighted by Crippen LogP contribution is -2.27. The molecule has 140 valence electrons. The van der Waals surface area contributed by atoms with Crippen LogP contribution in [0.5, 0.6) is 11.5 Å². The van der Waals surface area contributed by atoms with Crippen LogP contribution in [0.2, 0.25) is 0 Å². The van der Waals surface area contributed by atoms with Gasteiger partial charge in [-0.1, -0.05) is 0 Å². The van der Waals surface area contributed by atoms with Crippen molar-refractivity contribution in [3.05, 3.63) is 45.9 Å². The van der Waals surface area contributed by atoms with Gasteiger partial charge in [-0.2, -0.15) is 0 Å². The second kappa shape index (κ2) is 7.44. The van der Waals surface area contributed by atoms with E-state index in [0.29, 0.717) is 42.5 Å². The Hall–Kier alpha value is -2.19. The molecule has 0 fully saturated rings. The van der Waals surface area contributed by atoms with Gasteiger partial charge in [-0.3, -0.25) is 9.59 Å². The molecule has 0 unspecified atom stereocenters. The van der Waals surface area contributed by atoms with Crippen LogP contribution in [0.1, 0.15) is 22.8 Å². The fraction of sp³-hybridized carbons (Fsp3) is 0.263. The SMILES string of the molecule is C[C@@H]1Sc2ccc(C(=O)NCc3cc(Br)c4c(c3)OCCO4)cc2NC1=O. The fourth-order valence-electron chi connectivity index (χ4n) is 2.90. The zero-order valence-electron chi connectivity index (χ0n) is 14.5. The Balaban J connectivity index is 1.47. The van der Waals surface area contributed by atoms with E-state index in [1.807, 2.05) is 25.1 Å². The number of hydrogen-bond acceptors (Lipinski definition) is 5. The van der Waals surface area contributed by atoms with Crippen LogP contribution in [0.25, 0.3) is 0 Å². The number of anilines is 1. The van der Waals surface area contributed by atoms with Crippen molar-refractivity contribution in [2.45, 2.75) is 23.6 Å². The molecule has 2 aliphatic rings. The summed E-state index contributed by atoms with van der Waals surface area (Å²) in [5.74, 6) is 1.10. The first-order valence-electron chi connectivity index (χ1n) is 8.49. The van der Waals surface area contributed by atoms with E-state index in [0.717, 1.165) is 14.9 Å². The lowest BCUT2D eigenvalue weighted by atomic mass is 10.1. The number of nitrogens with one attached hydrogen (secondary N) is 2. The van der Waals surface area contributed by atoms with E-state index in [4.69, 9.17) is 9.47 Å². The van der Waals surface area contributed by atoms with Crippen LogP contribution in [0, 0.1) is 0 Å². The third-order valence-corrected chi connectivity index (χ3v) is 6.05. The average Bonchev–Trinajstić information content (AvgIpc) is 2.67. The standard InChI is InChI=1S/C19H17BrN2O4S/c1-10-18(23)22-14-8-12(2-3-16(14)27-10)19(24)21-9-11-6-13(20)17-15(7-11)25-4-5-26-17/h2-3,6-8,10H,4-5,9H2,1H3,(H,21,24)(H,22,23)/t10-/m0/s1. The Morgan fingerprint density at radius 3 is 2.96 bits per heavy atom. The Morgan fingerprint density at radius 2 is 2.11 bits per heavy atom. The predicted octanol–water partition coefficient (Wildman–Crippen LogP) is 3.58. The average molecular weight is 449 g/mol. The van der Waals surface area contributed by atoms with Crippen LogP contribution in [-0.2, 0) is 11.3 Å². The molecule has 0 saturated heterocycles. The molecule has 27 heavy (non-hydrogen) atoms. The summed E-state index contributed by atoms with van der Waals surface area (Å²) < 4.78 is 12.0. The molecule has 4 rings (SSSR count). The number of carbonyl (C=O) groups excluding carboxylic acids is 2. The molecule has 0 bridgehead atoms. The second-order valence-electron chi connectivity index (χ2n) is 6.24. The van der Waals surface area contributed by atoms with Gasteiger partial charge in [-0.15, -0.1) is 11.8 Å². The highest BCUT2D eigenvalue weighted by Gasteiger charge is 2.24. The van der Waals surface area contributed by atoms with E-state index in [-0.39, 0.29) is 17.1 Å². The summed E-state index contributed by atoms with van der Waals surface area (Å²) in [6, 6.07) is 9.11. The number of fused-ring (bicyclic) bond motifs is 2. The van der Waals surface area contributed by atoms with Gasteiger partial charge in [0, 0.05) is 17.0 Å². The molecule has 0 aromatic heterocycles. The van der Waals surface area contributed by atoms with Gasteiger partial charge >= 0.3 is 0 Å². The van der Waals surface area contributed by atoms with E-state index in [2.05, 4.69) is 26.6 Å². The van der Waals surface area contributed by atoms with E-state index in [1.165, 1.54) is 11.8 Å². The van der Waals surface area contributed by atoms with Gasteiger partial charge in [0.25, 0.3) is 5.91 Å². The number of rotatable bonds is 3. The molecule has 2 amide bonds. The first-order chi connectivity index (χ1) is 13.0. The van der Waals surface area contributed by atoms with Crippen molar-refractivity contribution in [1.29, 1.82) is 0 Å². The maximum atomic E-state index is 12.5. The molecule has 2 N–H and O–H groups in total. The first kappa shape index (κ1) is 18.2. The van der Waals surface area contributed by atoms with E-state index in [1.54, 1.807) is 12.1 Å². The third kappa shape index (κ3) is 3.77. The highest BCUT2D eigenvalue weighted by atomic mass is 79.9. The molecule has 0 radical (unpaired) electrons. The van der Waals surface area contributed by atoms with Crippen molar-refractivity contribution >= 4 is 45.2 Å². The normalized spacial score (nSPS) is 17.7. The summed E-state index contributed by atoms with van der Waals surface area (Å²) >= 11 is 4.97. The summed E-state index contributed by atoms with van der Waals surface area (Å²) in [7, 11) is 0. The zero-order valence-corrected chi connectivity index (χ0v) is 16.9. The molecule has 6 nitrogen and oxygen atoms in total. The Kier molecular flexibility index (Phi) is 5.01. The molecule has 0 aliphatic carbocycles. The van der Waals surface area contributed by atoms with Crippen molar-refractivity contribution in [2.24, 2.45) is 0 Å². The summed E-state index contributed by atoms with van der Waals surface area (Å²) in [4.78, 5) is 25.3. The minimum absolute atomic E-state index is 0.0498. The molecule has 0 spiro atoms. The molecule has 2 heterocycles. The summed E-state index contributed by atoms with van der Waals surface area (Å²) in [6.07, 6.45) is 0. The quantitative estimate of drug-likeness (QED) is 0.749. The molecule has 2 aromatic rings. The van der Waals surface area contributed by atoms with Crippen molar-refractivity contribution in [2.75, 3.05) is 18.5 Å². The number of amides is 2. The zero-order chi connectivity index (χ0) is 19.0. The maximum Gasteiger partial charge on any atom is 0.251 e. The second-order valence-corrected chi connectivity index (χ2v) is 8.48. The Bertz CT molecular complexity index is 934. The van der Waals surface area contributed by atoms with Gasteiger partial charge in [-0.05, 0) is 58.7 Å². The minimum atomic E-state index is -0.207. The van der Waals surface area contributed by atoms with Gasteiger partial charge < -0.3 is 20.1 Å². The van der Waals surface area contributed by atoms with E-state index in [9.17, 15) is 9.59 Å².